The molecule has 0 amide bonds. The summed E-state index contributed by atoms with van der Waals surface area (Å²) >= 11 is 6.00. The molecule has 0 fully saturated rings. The summed E-state index contributed by atoms with van der Waals surface area (Å²) in [4.78, 5) is 8.61. The van der Waals surface area contributed by atoms with Crippen LogP contribution < -0.4 is 5.73 Å². The first kappa shape index (κ1) is 13.8. The molecule has 0 radical (unpaired) electrons. The molecule has 2 N–H and O–H groups in total. The molecule has 21 heavy (non-hydrogen) atoms. The van der Waals surface area contributed by atoms with Crippen LogP contribution in [0.4, 0.5) is 10.2 Å². The molecular formula is C15H14ClFN4. The predicted molar refractivity (Wildman–Crippen MR) is 82.5 cm³/mol. The number of nitrogens with zero attached hydrogens (tertiary/aromatic N) is 3. The van der Waals surface area contributed by atoms with E-state index in [0.29, 0.717) is 28.0 Å². The van der Waals surface area contributed by atoms with Crippen molar-refractivity contribution in [3.63, 3.8) is 0 Å². The lowest BCUT2D eigenvalue weighted by Crippen LogP contribution is -2.03. The highest BCUT2D eigenvalue weighted by Crippen LogP contribution is 2.32. The molecule has 3 rings (SSSR count). The van der Waals surface area contributed by atoms with Crippen LogP contribution in [0.3, 0.4) is 0 Å². The van der Waals surface area contributed by atoms with Crippen molar-refractivity contribution in [2.75, 3.05) is 5.73 Å². The molecule has 0 aliphatic heterocycles. The second-order valence-corrected chi connectivity index (χ2v) is 5.43. The zero-order valence-corrected chi connectivity index (χ0v) is 12.7. The molecule has 0 aliphatic rings. The van der Waals surface area contributed by atoms with Crippen molar-refractivity contribution < 1.29 is 4.39 Å². The molecule has 6 heteroatoms. The Kier molecular flexibility index (Phi) is 3.10. The lowest BCUT2D eigenvalue weighted by Gasteiger charge is -2.10. The summed E-state index contributed by atoms with van der Waals surface area (Å²) in [5.74, 6) is 0.578. The summed E-state index contributed by atoms with van der Waals surface area (Å²) in [7, 11) is 0. The van der Waals surface area contributed by atoms with Crippen molar-refractivity contribution in [3.05, 3.63) is 46.1 Å². The number of benzene rings is 1. The van der Waals surface area contributed by atoms with Gasteiger partial charge in [0.2, 0.25) is 0 Å². The van der Waals surface area contributed by atoms with Gasteiger partial charge in [0.15, 0.2) is 5.65 Å². The van der Waals surface area contributed by atoms with Crippen molar-refractivity contribution in [3.8, 4) is 5.69 Å². The summed E-state index contributed by atoms with van der Waals surface area (Å²) in [6.07, 6.45) is 0. The Morgan fingerprint density at radius 1 is 1.19 bits per heavy atom. The highest BCUT2D eigenvalue weighted by Gasteiger charge is 2.19. The number of fused-ring (bicyclic) bond motifs is 1. The first-order chi connectivity index (χ1) is 9.90. The molecule has 0 atom stereocenters. The summed E-state index contributed by atoms with van der Waals surface area (Å²) in [6, 6.07) is 4.44. The lowest BCUT2D eigenvalue weighted by molar-refractivity contribution is 0.618. The van der Waals surface area contributed by atoms with Crippen molar-refractivity contribution in [2.24, 2.45) is 0 Å². The fraction of sp³-hybridized carbons (Fsp3) is 0.200. The van der Waals surface area contributed by atoms with Crippen LogP contribution in [0, 0.1) is 26.6 Å². The number of nitrogens with two attached hydrogens (primary N) is 1. The van der Waals surface area contributed by atoms with Gasteiger partial charge in [-0.05, 0) is 44.5 Å². The van der Waals surface area contributed by atoms with Crippen molar-refractivity contribution in [1.82, 2.24) is 14.5 Å². The van der Waals surface area contributed by atoms with Gasteiger partial charge in [-0.25, -0.2) is 14.4 Å². The van der Waals surface area contributed by atoms with Gasteiger partial charge >= 0.3 is 0 Å². The van der Waals surface area contributed by atoms with Crippen LogP contribution in [0.15, 0.2) is 18.2 Å². The van der Waals surface area contributed by atoms with Gasteiger partial charge in [-0.15, -0.1) is 0 Å². The Labute approximate surface area is 126 Å². The van der Waals surface area contributed by atoms with E-state index in [1.807, 2.05) is 13.8 Å². The number of hydrogen-bond acceptors (Lipinski definition) is 3. The Bertz CT molecular complexity index is 870. The van der Waals surface area contributed by atoms with Gasteiger partial charge < -0.3 is 5.73 Å². The topological polar surface area (TPSA) is 56.7 Å². The molecule has 3 aromatic rings. The summed E-state index contributed by atoms with van der Waals surface area (Å²) in [6.45, 7) is 5.57. The first-order valence-corrected chi connectivity index (χ1v) is 6.85. The Morgan fingerprint density at radius 3 is 2.62 bits per heavy atom. The second-order valence-electron chi connectivity index (χ2n) is 5.00. The number of anilines is 1. The molecule has 0 spiro atoms. The van der Waals surface area contributed by atoms with Crippen LogP contribution in [-0.4, -0.2) is 14.5 Å². The van der Waals surface area contributed by atoms with Crippen LogP contribution in [0.1, 0.15) is 17.1 Å². The first-order valence-electron chi connectivity index (χ1n) is 6.47. The van der Waals surface area contributed by atoms with Crippen LogP contribution in [0.25, 0.3) is 16.7 Å². The highest BCUT2D eigenvalue weighted by atomic mass is 35.5. The van der Waals surface area contributed by atoms with Gasteiger partial charge in [-0.3, -0.25) is 4.57 Å². The van der Waals surface area contributed by atoms with Crippen molar-refractivity contribution in [1.29, 1.82) is 0 Å². The number of halogens is 2. The van der Waals surface area contributed by atoms with Crippen LogP contribution in [0.2, 0.25) is 5.02 Å². The smallest absolute Gasteiger partial charge is 0.150 e. The van der Waals surface area contributed by atoms with E-state index in [1.54, 1.807) is 17.6 Å². The minimum atomic E-state index is -0.366. The van der Waals surface area contributed by atoms with Crippen molar-refractivity contribution >= 4 is 28.5 Å². The van der Waals surface area contributed by atoms with Gasteiger partial charge in [0.1, 0.15) is 17.5 Å². The summed E-state index contributed by atoms with van der Waals surface area (Å²) in [5, 5.41) is 1.21. The minimum absolute atomic E-state index is 0.357. The fourth-order valence-corrected chi connectivity index (χ4v) is 2.73. The van der Waals surface area contributed by atoms with E-state index in [2.05, 4.69) is 9.97 Å². The number of rotatable bonds is 1. The zero-order chi connectivity index (χ0) is 15.3. The van der Waals surface area contributed by atoms with E-state index in [4.69, 9.17) is 17.3 Å². The molecule has 0 saturated heterocycles. The molecular weight excluding hydrogens is 291 g/mol. The number of hydrogen-bond donors (Lipinski definition) is 1. The lowest BCUT2D eigenvalue weighted by atomic mass is 10.2. The molecule has 2 aromatic heterocycles. The minimum Gasteiger partial charge on any atom is -0.383 e. The number of aryl methyl sites for hydroxylation is 2. The molecule has 0 saturated carbocycles. The van der Waals surface area contributed by atoms with Gasteiger partial charge in [0, 0.05) is 10.7 Å². The van der Waals surface area contributed by atoms with Crippen LogP contribution >= 0.6 is 11.6 Å². The quantitative estimate of drug-likeness (QED) is 0.745. The number of aromatic nitrogens is 3. The summed E-state index contributed by atoms with van der Waals surface area (Å²) in [5.41, 5.74) is 8.74. The Hall–Kier alpha value is -2.14. The molecule has 4 nitrogen and oxygen atoms in total. The Balaban J connectivity index is 2.48. The van der Waals surface area contributed by atoms with E-state index >= 15 is 0 Å². The van der Waals surface area contributed by atoms with Gasteiger partial charge in [0.25, 0.3) is 0 Å². The standard InChI is InChI=1S/C15H14ClFN4/c1-7-8(2)21(12-6-10(16)4-5-11(12)17)15-13(7)14(18)19-9(3)20-15/h4-6H,1-3H3,(H2,18,19,20). The SMILES string of the molecule is Cc1nc(N)c2c(C)c(C)n(-c3cc(Cl)ccc3F)c2n1. The predicted octanol–water partition coefficient (Wildman–Crippen LogP) is 3.72. The van der Waals surface area contributed by atoms with E-state index in [-0.39, 0.29) is 5.82 Å². The van der Waals surface area contributed by atoms with Gasteiger partial charge in [-0.1, -0.05) is 11.6 Å². The zero-order valence-electron chi connectivity index (χ0n) is 11.9. The van der Waals surface area contributed by atoms with Crippen LogP contribution in [0.5, 0.6) is 0 Å². The molecule has 108 valence electrons. The second kappa shape index (κ2) is 4.70. The third-order valence-electron chi connectivity index (χ3n) is 3.64. The van der Waals surface area contributed by atoms with E-state index < -0.39 is 0 Å². The average molecular weight is 305 g/mol. The molecule has 0 unspecified atom stereocenters. The van der Waals surface area contributed by atoms with Gasteiger partial charge in [0.05, 0.1) is 11.1 Å². The molecule has 2 heterocycles. The average Bonchev–Trinajstić information content (AvgIpc) is 2.65. The monoisotopic (exact) mass is 304 g/mol. The normalized spacial score (nSPS) is 11.3. The fourth-order valence-electron chi connectivity index (χ4n) is 2.56. The van der Waals surface area contributed by atoms with Crippen LogP contribution in [-0.2, 0) is 0 Å². The maximum atomic E-state index is 14.2. The van der Waals surface area contributed by atoms with Crippen molar-refractivity contribution in [2.45, 2.75) is 20.8 Å². The van der Waals surface area contributed by atoms with E-state index in [0.717, 1.165) is 16.6 Å². The summed E-state index contributed by atoms with van der Waals surface area (Å²) < 4.78 is 16.0. The third kappa shape index (κ3) is 2.05. The van der Waals surface area contributed by atoms with E-state index in [9.17, 15) is 4.39 Å². The maximum absolute atomic E-state index is 14.2. The van der Waals surface area contributed by atoms with Gasteiger partial charge in [-0.2, -0.15) is 0 Å². The molecule has 1 aromatic carbocycles. The molecule has 0 aliphatic carbocycles. The van der Waals surface area contributed by atoms with E-state index in [1.165, 1.54) is 12.1 Å². The Morgan fingerprint density at radius 2 is 1.90 bits per heavy atom. The highest BCUT2D eigenvalue weighted by molar-refractivity contribution is 6.30. The largest absolute Gasteiger partial charge is 0.383 e. The maximum Gasteiger partial charge on any atom is 0.150 e. The number of nitrogen functional groups attached to an aromatic ring is 1. The molecule has 0 bridgehead atoms. The third-order valence-corrected chi connectivity index (χ3v) is 3.88.